The van der Waals surface area contributed by atoms with Crippen LogP contribution in [0.4, 0.5) is 0 Å². The molecular weight excluding hydrogens is 454 g/mol. The van der Waals surface area contributed by atoms with Gasteiger partial charge in [0.25, 0.3) is 0 Å². The first kappa shape index (κ1) is 28.6. The van der Waals surface area contributed by atoms with Gasteiger partial charge in [0, 0.05) is 13.1 Å². The second-order valence-corrected chi connectivity index (χ2v) is 7.97. The first-order valence-corrected chi connectivity index (χ1v) is 10.7. The quantitative estimate of drug-likeness (QED) is 0.0710. The van der Waals surface area contributed by atoms with Gasteiger partial charge in [0.05, 0.1) is 18.6 Å². The number of aliphatic carboxylic acids is 2. The summed E-state index contributed by atoms with van der Waals surface area (Å²) in [7, 11) is 0. The number of likely N-dealkylation sites (tertiary alicyclic amines) is 1. The maximum absolute atomic E-state index is 12.8. The minimum atomic E-state index is -1.71. The number of nitrogens with two attached hydrogens (primary N) is 3. The number of nitrogens with zero attached hydrogens (tertiary/aromatic N) is 2. The van der Waals surface area contributed by atoms with Crippen molar-refractivity contribution < 1.29 is 39.3 Å². The van der Waals surface area contributed by atoms with Crippen LogP contribution in [0, 0.1) is 0 Å². The molecule has 1 fully saturated rings. The number of hydrogen-bond acceptors (Lipinski definition) is 8. The minimum Gasteiger partial charge on any atom is -0.481 e. The van der Waals surface area contributed by atoms with Crippen molar-refractivity contribution >= 4 is 35.6 Å². The summed E-state index contributed by atoms with van der Waals surface area (Å²) in [5.41, 5.74) is 16.4. The molecule has 15 nitrogen and oxygen atoms in total. The number of amides is 3. The topological polar surface area (TPSA) is 264 Å². The molecule has 192 valence electrons. The van der Waals surface area contributed by atoms with Gasteiger partial charge in [0.1, 0.15) is 12.1 Å². The van der Waals surface area contributed by atoms with Crippen LogP contribution >= 0.6 is 0 Å². The van der Waals surface area contributed by atoms with Gasteiger partial charge in [-0.1, -0.05) is 0 Å². The normalized spacial score (nSPS) is 18.8. The van der Waals surface area contributed by atoms with Gasteiger partial charge >= 0.3 is 11.9 Å². The third-order valence-electron chi connectivity index (χ3n) is 5.18. The third kappa shape index (κ3) is 8.82. The van der Waals surface area contributed by atoms with Crippen LogP contribution in [0.2, 0.25) is 0 Å². The Hall–Kier alpha value is -3.46. The molecule has 0 bridgehead atoms. The highest BCUT2D eigenvalue weighted by Crippen LogP contribution is 2.19. The maximum Gasteiger partial charge on any atom is 0.328 e. The number of hydrogen-bond donors (Lipinski definition) is 8. The summed E-state index contributed by atoms with van der Waals surface area (Å²) in [6.07, 6.45) is -0.854. The van der Waals surface area contributed by atoms with E-state index in [0.29, 0.717) is 12.8 Å². The average molecular weight is 488 g/mol. The van der Waals surface area contributed by atoms with E-state index in [1.165, 1.54) is 4.90 Å². The van der Waals surface area contributed by atoms with Crippen LogP contribution in [0.25, 0.3) is 0 Å². The predicted octanol–water partition coefficient (Wildman–Crippen LogP) is -3.73. The number of guanidine groups is 1. The molecule has 1 rings (SSSR count). The Morgan fingerprint density at radius 3 is 2.32 bits per heavy atom. The molecule has 0 saturated carbocycles. The molecule has 5 atom stereocenters. The van der Waals surface area contributed by atoms with Crippen LogP contribution in [0.5, 0.6) is 0 Å². The number of aliphatic hydroxyl groups is 1. The fraction of sp³-hybridized carbons (Fsp3) is 0.684. The van der Waals surface area contributed by atoms with Gasteiger partial charge in [-0.25, -0.2) is 4.79 Å². The molecule has 1 heterocycles. The molecule has 11 N–H and O–H groups in total. The lowest BCUT2D eigenvalue weighted by Gasteiger charge is -2.28. The highest BCUT2D eigenvalue weighted by atomic mass is 16.4. The number of carbonyl (C=O) groups excluding carboxylic acids is 3. The summed E-state index contributed by atoms with van der Waals surface area (Å²) in [6, 6.07) is -5.23. The summed E-state index contributed by atoms with van der Waals surface area (Å²) in [5, 5.41) is 32.0. The van der Waals surface area contributed by atoms with E-state index in [0.717, 1.165) is 6.92 Å². The van der Waals surface area contributed by atoms with Gasteiger partial charge in [-0.05, 0) is 32.6 Å². The summed E-state index contributed by atoms with van der Waals surface area (Å²) in [4.78, 5) is 65.5. The zero-order chi connectivity index (χ0) is 26.0. The van der Waals surface area contributed by atoms with Crippen molar-refractivity contribution in [3.63, 3.8) is 0 Å². The highest BCUT2D eigenvalue weighted by molar-refractivity contribution is 5.95. The monoisotopic (exact) mass is 487 g/mol. The second-order valence-electron chi connectivity index (χ2n) is 7.97. The van der Waals surface area contributed by atoms with Crippen molar-refractivity contribution in [2.45, 2.75) is 69.3 Å². The van der Waals surface area contributed by atoms with E-state index in [9.17, 15) is 29.1 Å². The van der Waals surface area contributed by atoms with E-state index in [1.54, 1.807) is 0 Å². The Bertz CT molecular complexity index is 800. The number of carboxylic acids is 2. The largest absolute Gasteiger partial charge is 0.481 e. The predicted molar refractivity (Wildman–Crippen MR) is 118 cm³/mol. The number of aliphatic hydroxyl groups excluding tert-OH is 1. The molecule has 0 aromatic heterocycles. The minimum absolute atomic E-state index is 0.0840. The first-order valence-electron chi connectivity index (χ1n) is 10.7. The van der Waals surface area contributed by atoms with E-state index in [1.807, 2.05) is 5.32 Å². The first-order chi connectivity index (χ1) is 15.8. The fourth-order valence-electron chi connectivity index (χ4n) is 3.45. The lowest BCUT2D eigenvalue weighted by molar-refractivity contribution is -0.146. The van der Waals surface area contributed by atoms with Crippen LogP contribution in [0.1, 0.15) is 39.0 Å². The lowest BCUT2D eigenvalue weighted by Crippen LogP contribution is -2.58. The summed E-state index contributed by atoms with van der Waals surface area (Å²) in [6.45, 7) is 1.66. The van der Waals surface area contributed by atoms with Crippen LogP contribution in [0.3, 0.4) is 0 Å². The molecule has 0 spiro atoms. The molecule has 0 radical (unpaired) electrons. The molecule has 15 heteroatoms. The second kappa shape index (κ2) is 13.3. The number of carboxylic acid groups (broad SMARTS) is 2. The zero-order valence-electron chi connectivity index (χ0n) is 18.8. The van der Waals surface area contributed by atoms with Crippen molar-refractivity contribution in [1.29, 1.82) is 0 Å². The molecule has 1 aliphatic rings. The molecule has 34 heavy (non-hydrogen) atoms. The zero-order valence-corrected chi connectivity index (χ0v) is 18.8. The number of nitrogens with one attached hydrogen (secondary N) is 2. The van der Waals surface area contributed by atoms with Crippen molar-refractivity contribution in [2.75, 3.05) is 13.1 Å². The standard InChI is InChI=1S/C19H33N7O8/c1-9(27)14(18(33)34)25-15(30)11(8-13(28)29)24-16(31)12-5-3-7-26(12)17(32)10(20)4-2-6-23-19(21)22/h9-12,14,27H,2-8,20H2,1H3,(H,24,31)(H,25,30)(H,28,29)(H,33,34)(H4,21,22,23). The maximum atomic E-state index is 12.8. The molecule has 3 amide bonds. The van der Waals surface area contributed by atoms with Gasteiger partial charge in [-0.2, -0.15) is 0 Å². The lowest BCUT2D eigenvalue weighted by atomic mass is 10.1. The van der Waals surface area contributed by atoms with Crippen molar-refractivity contribution in [2.24, 2.45) is 22.2 Å². The van der Waals surface area contributed by atoms with Gasteiger partial charge < -0.3 is 48.1 Å². The van der Waals surface area contributed by atoms with Gasteiger partial charge in [-0.15, -0.1) is 0 Å². The van der Waals surface area contributed by atoms with Gasteiger partial charge in [0.15, 0.2) is 12.0 Å². The van der Waals surface area contributed by atoms with E-state index < -0.39 is 66.4 Å². The Labute approximate surface area is 195 Å². The molecule has 0 aromatic rings. The van der Waals surface area contributed by atoms with Gasteiger partial charge in [-0.3, -0.25) is 24.2 Å². The molecule has 1 aliphatic heterocycles. The Morgan fingerprint density at radius 1 is 1.15 bits per heavy atom. The molecule has 1 saturated heterocycles. The summed E-state index contributed by atoms with van der Waals surface area (Å²) in [5.74, 6) is -5.40. The number of carbonyl (C=O) groups is 5. The van der Waals surface area contributed by atoms with Crippen LogP contribution < -0.4 is 27.8 Å². The Balaban J connectivity index is 2.85. The van der Waals surface area contributed by atoms with Crippen LogP contribution in [0.15, 0.2) is 4.99 Å². The SMILES string of the molecule is CC(O)C(NC(=O)C(CC(=O)O)NC(=O)C1CCCN1C(=O)C(N)CCCN=C(N)N)C(=O)O. The van der Waals surface area contributed by atoms with Crippen LogP contribution in [-0.2, 0) is 24.0 Å². The van der Waals surface area contributed by atoms with E-state index in [4.69, 9.17) is 27.4 Å². The molecule has 0 aliphatic carbocycles. The average Bonchev–Trinajstić information content (AvgIpc) is 3.22. The highest BCUT2D eigenvalue weighted by Gasteiger charge is 2.38. The summed E-state index contributed by atoms with van der Waals surface area (Å²) < 4.78 is 0. The smallest absolute Gasteiger partial charge is 0.328 e. The number of rotatable bonds is 13. The van der Waals surface area contributed by atoms with Crippen molar-refractivity contribution in [3.8, 4) is 0 Å². The van der Waals surface area contributed by atoms with Crippen molar-refractivity contribution in [1.82, 2.24) is 15.5 Å². The molecular formula is C19H33N7O8. The van der Waals surface area contributed by atoms with Crippen LogP contribution in [-0.4, -0.2) is 99.2 Å². The Kier molecular flexibility index (Phi) is 11.2. The third-order valence-corrected chi connectivity index (χ3v) is 5.18. The molecule has 0 aromatic carbocycles. The van der Waals surface area contributed by atoms with E-state index >= 15 is 0 Å². The Morgan fingerprint density at radius 2 is 1.79 bits per heavy atom. The van der Waals surface area contributed by atoms with Crippen molar-refractivity contribution in [3.05, 3.63) is 0 Å². The fourth-order valence-corrected chi connectivity index (χ4v) is 3.45. The molecule has 5 unspecified atom stereocenters. The van der Waals surface area contributed by atoms with E-state index in [2.05, 4.69) is 10.3 Å². The summed E-state index contributed by atoms with van der Waals surface area (Å²) >= 11 is 0. The van der Waals surface area contributed by atoms with Gasteiger partial charge in [0.2, 0.25) is 17.7 Å². The number of aliphatic imine (C=N–C) groups is 1. The van der Waals surface area contributed by atoms with E-state index in [-0.39, 0.29) is 31.9 Å².